The van der Waals surface area contributed by atoms with Crippen molar-refractivity contribution in [2.24, 2.45) is 0 Å². The van der Waals surface area contributed by atoms with Gasteiger partial charge in [-0.1, -0.05) is 54.6 Å². The third kappa shape index (κ3) is 3.39. The number of aryl methyl sites for hydroxylation is 1. The van der Waals surface area contributed by atoms with Crippen LogP contribution in [0.15, 0.2) is 66.9 Å². The molecular formula is C24H26BNO2. The summed E-state index contributed by atoms with van der Waals surface area (Å²) in [5, 5.41) is 0. The molecular weight excluding hydrogens is 345 g/mol. The van der Waals surface area contributed by atoms with Crippen molar-refractivity contribution in [3.8, 4) is 22.4 Å². The predicted octanol–water partition coefficient (Wildman–Crippen LogP) is 5.02. The molecule has 0 aliphatic carbocycles. The summed E-state index contributed by atoms with van der Waals surface area (Å²) in [5.41, 5.74) is 5.99. The Labute approximate surface area is 167 Å². The molecule has 2 heterocycles. The zero-order valence-electron chi connectivity index (χ0n) is 17.2. The maximum Gasteiger partial charge on any atom is 0.494 e. The van der Waals surface area contributed by atoms with E-state index in [1.807, 2.05) is 12.3 Å². The molecule has 1 fully saturated rings. The molecule has 0 atom stereocenters. The maximum absolute atomic E-state index is 6.14. The van der Waals surface area contributed by atoms with Crippen LogP contribution in [0.3, 0.4) is 0 Å². The standard InChI is InChI=1S/C24H26BNO2/c1-17-15-22(26-16-21(17)18-9-7-6-8-10-18)19-11-13-20(14-12-19)25-27-23(2,3)24(4,5)28-25/h6-16H,1-5H3. The number of nitrogens with zero attached hydrogens (tertiary/aromatic N) is 1. The highest BCUT2D eigenvalue weighted by Crippen LogP contribution is 2.36. The topological polar surface area (TPSA) is 31.4 Å². The van der Waals surface area contributed by atoms with E-state index in [-0.39, 0.29) is 18.3 Å². The lowest BCUT2D eigenvalue weighted by Crippen LogP contribution is -2.41. The van der Waals surface area contributed by atoms with Crippen molar-refractivity contribution in [1.29, 1.82) is 0 Å². The van der Waals surface area contributed by atoms with Gasteiger partial charge in [-0.3, -0.25) is 4.98 Å². The van der Waals surface area contributed by atoms with Gasteiger partial charge < -0.3 is 9.31 Å². The average Bonchev–Trinajstić information content (AvgIpc) is 2.90. The van der Waals surface area contributed by atoms with Crippen LogP contribution in [0, 0.1) is 6.92 Å². The summed E-state index contributed by atoms with van der Waals surface area (Å²) in [6.07, 6.45) is 1.96. The molecule has 2 aromatic carbocycles. The van der Waals surface area contributed by atoms with Crippen molar-refractivity contribution >= 4 is 12.6 Å². The fourth-order valence-corrected chi connectivity index (χ4v) is 3.42. The smallest absolute Gasteiger partial charge is 0.399 e. The Morgan fingerprint density at radius 2 is 1.39 bits per heavy atom. The Bertz CT molecular complexity index is 965. The van der Waals surface area contributed by atoms with Crippen LogP contribution >= 0.6 is 0 Å². The monoisotopic (exact) mass is 371 g/mol. The van der Waals surface area contributed by atoms with Crippen molar-refractivity contribution in [1.82, 2.24) is 4.98 Å². The zero-order chi connectivity index (χ0) is 19.9. The second kappa shape index (κ2) is 6.87. The van der Waals surface area contributed by atoms with Crippen LogP contribution in [0.5, 0.6) is 0 Å². The lowest BCUT2D eigenvalue weighted by molar-refractivity contribution is 0.00578. The highest BCUT2D eigenvalue weighted by atomic mass is 16.7. The van der Waals surface area contributed by atoms with E-state index in [0.29, 0.717) is 0 Å². The minimum absolute atomic E-state index is 0.331. The molecule has 0 radical (unpaired) electrons. The first kappa shape index (κ1) is 18.9. The molecule has 28 heavy (non-hydrogen) atoms. The van der Waals surface area contributed by atoms with Crippen molar-refractivity contribution in [3.05, 3.63) is 72.4 Å². The molecule has 3 aromatic rings. The molecule has 1 saturated heterocycles. The van der Waals surface area contributed by atoms with E-state index in [4.69, 9.17) is 14.3 Å². The average molecular weight is 371 g/mol. The first-order valence-corrected chi connectivity index (χ1v) is 9.75. The highest BCUT2D eigenvalue weighted by Gasteiger charge is 2.51. The first-order chi connectivity index (χ1) is 13.3. The van der Waals surface area contributed by atoms with Gasteiger partial charge in [0.1, 0.15) is 0 Å². The SMILES string of the molecule is Cc1cc(-c2ccc(B3OC(C)(C)C(C)(C)O3)cc2)ncc1-c1ccccc1. The van der Waals surface area contributed by atoms with Crippen LogP contribution < -0.4 is 5.46 Å². The van der Waals surface area contributed by atoms with Crippen LogP contribution in [-0.4, -0.2) is 23.3 Å². The minimum Gasteiger partial charge on any atom is -0.399 e. The Balaban J connectivity index is 1.57. The second-order valence-corrected chi connectivity index (χ2v) is 8.46. The molecule has 0 unspecified atom stereocenters. The van der Waals surface area contributed by atoms with Gasteiger partial charge in [0, 0.05) is 17.3 Å². The van der Waals surface area contributed by atoms with Gasteiger partial charge in [0.15, 0.2) is 0 Å². The molecule has 0 spiro atoms. The summed E-state index contributed by atoms with van der Waals surface area (Å²) in [6.45, 7) is 10.4. The Kier molecular flexibility index (Phi) is 4.64. The Morgan fingerprint density at radius 1 is 0.786 bits per heavy atom. The maximum atomic E-state index is 6.14. The van der Waals surface area contributed by atoms with Gasteiger partial charge in [-0.15, -0.1) is 0 Å². The lowest BCUT2D eigenvalue weighted by Gasteiger charge is -2.32. The summed E-state index contributed by atoms with van der Waals surface area (Å²) < 4.78 is 12.3. The minimum atomic E-state index is -0.339. The van der Waals surface area contributed by atoms with E-state index in [9.17, 15) is 0 Å². The highest BCUT2D eigenvalue weighted by molar-refractivity contribution is 6.62. The number of hydrogen-bond acceptors (Lipinski definition) is 3. The molecule has 142 valence electrons. The van der Waals surface area contributed by atoms with E-state index in [1.165, 1.54) is 11.1 Å². The number of benzene rings is 2. The van der Waals surface area contributed by atoms with Gasteiger partial charge in [0.05, 0.1) is 16.9 Å². The number of pyridine rings is 1. The fraction of sp³-hybridized carbons (Fsp3) is 0.292. The number of rotatable bonds is 3. The number of hydrogen-bond donors (Lipinski definition) is 0. The van der Waals surface area contributed by atoms with Gasteiger partial charge >= 0.3 is 7.12 Å². The quantitative estimate of drug-likeness (QED) is 0.606. The molecule has 1 aliphatic heterocycles. The first-order valence-electron chi connectivity index (χ1n) is 9.75. The molecule has 0 saturated carbocycles. The van der Waals surface area contributed by atoms with Gasteiger partial charge in [-0.2, -0.15) is 0 Å². The molecule has 1 aromatic heterocycles. The third-order valence-corrected chi connectivity index (χ3v) is 5.93. The van der Waals surface area contributed by atoms with E-state index in [2.05, 4.69) is 89.2 Å². The molecule has 0 N–H and O–H groups in total. The fourth-order valence-electron chi connectivity index (χ4n) is 3.42. The van der Waals surface area contributed by atoms with Crippen molar-refractivity contribution in [2.45, 2.75) is 45.8 Å². The zero-order valence-corrected chi connectivity index (χ0v) is 17.2. The van der Waals surface area contributed by atoms with E-state index >= 15 is 0 Å². The summed E-state index contributed by atoms with van der Waals surface area (Å²) in [4.78, 5) is 4.70. The lowest BCUT2D eigenvalue weighted by atomic mass is 9.78. The summed E-state index contributed by atoms with van der Waals surface area (Å²) in [5.74, 6) is 0. The van der Waals surface area contributed by atoms with Gasteiger partial charge in [-0.05, 0) is 57.3 Å². The van der Waals surface area contributed by atoms with Crippen molar-refractivity contribution < 1.29 is 9.31 Å². The van der Waals surface area contributed by atoms with Gasteiger partial charge in [0.2, 0.25) is 0 Å². The van der Waals surface area contributed by atoms with Crippen LogP contribution in [0.2, 0.25) is 0 Å². The van der Waals surface area contributed by atoms with E-state index in [0.717, 1.165) is 22.3 Å². The van der Waals surface area contributed by atoms with Gasteiger partial charge in [-0.25, -0.2) is 0 Å². The van der Waals surface area contributed by atoms with Crippen LogP contribution in [-0.2, 0) is 9.31 Å². The molecule has 0 bridgehead atoms. The summed E-state index contributed by atoms with van der Waals surface area (Å²) in [7, 11) is -0.339. The third-order valence-electron chi connectivity index (χ3n) is 5.93. The summed E-state index contributed by atoms with van der Waals surface area (Å²) >= 11 is 0. The normalized spacial score (nSPS) is 17.7. The van der Waals surface area contributed by atoms with Crippen molar-refractivity contribution in [3.63, 3.8) is 0 Å². The van der Waals surface area contributed by atoms with E-state index < -0.39 is 0 Å². The molecule has 4 rings (SSSR count). The van der Waals surface area contributed by atoms with E-state index in [1.54, 1.807) is 0 Å². The summed E-state index contributed by atoms with van der Waals surface area (Å²) in [6, 6.07) is 20.8. The van der Waals surface area contributed by atoms with Crippen LogP contribution in [0.4, 0.5) is 0 Å². The van der Waals surface area contributed by atoms with Crippen molar-refractivity contribution in [2.75, 3.05) is 0 Å². The number of aromatic nitrogens is 1. The Morgan fingerprint density at radius 3 is 1.96 bits per heavy atom. The molecule has 0 amide bonds. The predicted molar refractivity (Wildman–Crippen MR) is 116 cm³/mol. The largest absolute Gasteiger partial charge is 0.494 e. The molecule has 1 aliphatic rings. The molecule has 4 heteroatoms. The van der Waals surface area contributed by atoms with Crippen LogP contribution in [0.1, 0.15) is 33.3 Å². The van der Waals surface area contributed by atoms with Gasteiger partial charge in [0.25, 0.3) is 0 Å². The second-order valence-electron chi connectivity index (χ2n) is 8.46. The van der Waals surface area contributed by atoms with Crippen LogP contribution in [0.25, 0.3) is 22.4 Å². The molecule has 3 nitrogen and oxygen atoms in total. The Hall–Kier alpha value is -2.43.